The zero-order valence-electron chi connectivity index (χ0n) is 10.5. The molecule has 2 aromatic rings. The minimum absolute atomic E-state index is 0.248. The monoisotopic (exact) mass is 279 g/mol. The molecular formula is C15H15ClFNO. The summed E-state index contributed by atoms with van der Waals surface area (Å²) in [5.74, 6) is 0.106. The van der Waals surface area contributed by atoms with Crippen LogP contribution < -0.4 is 10.5 Å². The van der Waals surface area contributed by atoms with Gasteiger partial charge in [-0.25, -0.2) is 4.39 Å². The van der Waals surface area contributed by atoms with E-state index in [0.29, 0.717) is 10.8 Å². The fourth-order valence-corrected chi connectivity index (χ4v) is 2.05. The first-order valence-electron chi connectivity index (χ1n) is 5.99. The van der Waals surface area contributed by atoms with Gasteiger partial charge < -0.3 is 10.5 Å². The third kappa shape index (κ3) is 3.69. The molecule has 0 bridgehead atoms. The second-order valence-corrected chi connectivity index (χ2v) is 4.85. The molecule has 2 atom stereocenters. The Morgan fingerprint density at radius 2 is 1.89 bits per heavy atom. The molecule has 4 heteroatoms. The molecule has 2 aromatic carbocycles. The lowest BCUT2D eigenvalue weighted by Gasteiger charge is -2.23. The lowest BCUT2D eigenvalue weighted by molar-refractivity contribution is 0.180. The molecule has 0 saturated carbocycles. The van der Waals surface area contributed by atoms with Gasteiger partial charge in [0.25, 0.3) is 0 Å². The first-order valence-corrected chi connectivity index (χ1v) is 6.37. The van der Waals surface area contributed by atoms with Gasteiger partial charge in [0.2, 0.25) is 0 Å². The summed E-state index contributed by atoms with van der Waals surface area (Å²) in [6.07, 6.45) is -0.375. The molecule has 100 valence electrons. The van der Waals surface area contributed by atoms with Crippen molar-refractivity contribution < 1.29 is 9.13 Å². The highest BCUT2D eigenvalue weighted by Gasteiger charge is 2.18. The average Bonchev–Trinajstić information content (AvgIpc) is 2.35. The zero-order chi connectivity index (χ0) is 13.8. The Morgan fingerprint density at radius 3 is 2.53 bits per heavy atom. The molecular weight excluding hydrogens is 265 g/mol. The minimum atomic E-state index is -0.375. The summed E-state index contributed by atoms with van der Waals surface area (Å²) in [5.41, 5.74) is 6.81. The molecule has 2 N–H and O–H groups in total. The summed E-state index contributed by atoms with van der Waals surface area (Å²) in [7, 11) is 0. The maximum Gasteiger partial charge on any atom is 0.139 e. The quantitative estimate of drug-likeness (QED) is 0.920. The van der Waals surface area contributed by atoms with Gasteiger partial charge in [-0.05, 0) is 36.8 Å². The number of nitrogens with two attached hydrogens (primary N) is 1. The van der Waals surface area contributed by atoms with E-state index in [9.17, 15) is 4.39 Å². The van der Waals surface area contributed by atoms with Crippen LogP contribution in [0.5, 0.6) is 5.75 Å². The number of ether oxygens (including phenoxy) is 1. The number of hydrogen-bond donors (Lipinski definition) is 1. The largest absolute Gasteiger partial charge is 0.484 e. The molecule has 0 aromatic heterocycles. The lowest BCUT2D eigenvalue weighted by Crippen LogP contribution is -2.29. The summed E-state index contributed by atoms with van der Waals surface area (Å²) in [6.45, 7) is 1.84. The van der Waals surface area contributed by atoms with Crippen LogP contribution in [0.4, 0.5) is 4.39 Å². The maximum absolute atomic E-state index is 13.2. The zero-order valence-corrected chi connectivity index (χ0v) is 11.3. The molecule has 0 amide bonds. The van der Waals surface area contributed by atoms with Crippen LogP contribution in [0.1, 0.15) is 18.6 Å². The van der Waals surface area contributed by atoms with Crippen LogP contribution in [0, 0.1) is 5.82 Å². The Balaban J connectivity index is 2.26. The summed E-state index contributed by atoms with van der Waals surface area (Å²) in [5, 5.41) is 0.617. The number of halogens is 2. The molecule has 0 aliphatic heterocycles. The Bertz CT molecular complexity index is 559. The summed E-state index contributed by atoms with van der Waals surface area (Å²) < 4.78 is 18.9. The van der Waals surface area contributed by atoms with E-state index in [1.807, 2.05) is 19.1 Å². The molecule has 0 heterocycles. The normalized spacial score (nSPS) is 13.9. The molecule has 0 aliphatic carbocycles. The lowest BCUT2D eigenvalue weighted by atomic mass is 10.0. The first kappa shape index (κ1) is 13.8. The Kier molecular flexibility index (Phi) is 4.40. The summed E-state index contributed by atoms with van der Waals surface area (Å²) in [6, 6.07) is 13.1. The third-order valence-corrected chi connectivity index (χ3v) is 2.95. The van der Waals surface area contributed by atoms with Crippen molar-refractivity contribution in [3.8, 4) is 5.75 Å². The van der Waals surface area contributed by atoms with E-state index in [4.69, 9.17) is 22.1 Å². The van der Waals surface area contributed by atoms with Crippen LogP contribution in [0.3, 0.4) is 0 Å². The predicted octanol–water partition coefficient (Wildman–Crippen LogP) is 3.95. The van der Waals surface area contributed by atoms with Crippen molar-refractivity contribution in [2.24, 2.45) is 5.73 Å². The van der Waals surface area contributed by atoms with Crippen molar-refractivity contribution >= 4 is 11.6 Å². The maximum atomic E-state index is 13.2. The van der Waals surface area contributed by atoms with Crippen LogP contribution in [0.15, 0.2) is 48.5 Å². The van der Waals surface area contributed by atoms with E-state index in [0.717, 1.165) is 5.56 Å². The smallest absolute Gasteiger partial charge is 0.139 e. The van der Waals surface area contributed by atoms with E-state index in [1.54, 1.807) is 24.3 Å². The van der Waals surface area contributed by atoms with Gasteiger partial charge in [-0.3, -0.25) is 0 Å². The van der Waals surface area contributed by atoms with Gasteiger partial charge in [0.05, 0.1) is 0 Å². The van der Waals surface area contributed by atoms with E-state index < -0.39 is 0 Å². The van der Waals surface area contributed by atoms with Crippen molar-refractivity contribution in [1.82, 2.24) is 0 Å². The second kappa shape index (κ2) is 6.04. The van der Waals surface area contributed by atoms with Gasteiger partial charge in [0.15, 0.2) is 0 Å². The van der Waals surface area contributed by atoms with E-state index in [-0.39, 0.29) is 18.0 Å². The molecule has 19 heavy (non-hydrogen) atoms. The predicted molar refractivity (Wildman–Crippen MR) is 74.9 cm³/mol. The van der Waals surface area contributed by atoms with Crippen molar-refractivity contribution in [3.05, 3.63) is 64.9 Å². The molecule has 0 aliphatic rings. The highest BCUT2D eigenvalue weighted by Crippen LogP contribution is 2.26. The first-order chi connectivity index (χ1) is 9.06. The third-order valence-electron chi connectivity index (χ3n) is 2.71. The van der Waals surface area contributed by atoms with Gasteiger partial charge in [-0.1, -0.05) is 29.8 Å². The molecule has 2 nitrogen and oxygen atoms in total. The van der Waals surface area contributed by atoms with Crippen LogP contribution in [0.2, 0.25) is 5.02 Å². The molecule has 0 radical (unpaired) electrons. The Morgan fingerprint density at radius 1 is 1.16 bits per heavy atom. The molecule has 0 spiro atoms. The van der Waals surface area contributed by atoms with Crippen molar-refractivity contribution in [3.63, 3.8) is 0 Å². The topological polar surface area (TPSA) is 35.2 Å². The number of rotatable bonds is 4. The highest BCUT2D eigenvalue weighted by molar-refractivity contribution is 6.30. The van der Waals surface area contributed by atoms with Crippen molar-refractivity contribution in [2.45, 2.75) is 19.1 Å². The summed E-state index contributed by atoms with van der Waals surface area (Å²) in [4.78, 5) is 0. The van der Waals surface area contributed by atoms with E-state index in [2.05, 4.69) is 0 Å². The van der Waals surface area contributed by atoms with Gasteiger partial charge in [-0.15, -0.1) is 0 Å². The molecule has 0 fully saturated rings. The van der Waals surface area contributed by atoms with Crippen LogP contribution in [-0.2, 0) is 0 Å². The van der Waals surface area contributed by atoms with Crippen LogP contribution in [-0.4, -0.2) is 6.04 Å². The van der Waals surface area contributed by atoms with Gasteiger partial charge in [-0.2, -0.15) is 0 Å². The SMILES string of the molecule is CC(N)C(Oc1cccc(F)c1)c1cccc(Cl)c1. The standard InChI is InChI=1S/C15H15ClFNO/c1-10(18)15(11-4-2-5-12(16)8-11)19-14-7-3-6-13(17)9-14/h2-10,15H,18H2,1H3. The fraction of sp³-hybridized carbons (Fsp3) is 0.200. The van der Waals surface area contributed by atoms with Gasteiger partial charge in [0.1, 0.15) is 17.7 Å². The minimum Gasteiger partial charge on any atom is -0.484 e. The van der Waals surface area contributed by atoms with Crippen LogP contribution >= 0.6 is 11.6 Å². The van der Waals surface area contributed by atoms with Gasteiger partial charge >= 0.3 is 0 Å². The van der Waals surface area contributed by atoms with Crippen molar-refractivity contribution in [1.29, 1.82) is 0 Å². The number of hydrogen-bond acceptors (Lipinski definition) is 2. The molecule has 2 unspecified atom stereocenters. The van der Waals surface area contributed by atoms with E-state index in [1.165, 1.54) is 12.1 Å². The average molecular weight is 280 g/mol. The van der Waals surface area contributed by atoms with Crippen molar-refractivity contribution in [2.75, 3.05) is 0 Å². The number of benzene rings is 2. The highest BCUT2D eigenvalue weighted by atomic mass is 35.5. The van der Waals surface area contributed by atoms with E-state index >= 15 is 0 Å². The molecule has 2 rings (SSSR count). The molecule has 0 saturated heterocycles. The summed E-state index contributed by atoms with van der Waals surface area (Å²) >= 11 is 5.97. The van der Waals surface area contributed by atoms with Gasteiger partial charge in [0, 0.05) is 17.1 Å². The fourth-order valence-electron chi connectivity index (χ4n) is 1.85. The van der Waals surface area contributed by atoms with Crippen LogP contribution in [0.25, 0.3) is 0 Å². The Labute approximate surface area is 117 Å². The second-order valence-electron chi connectivity index (χ2n) is 4.41. The Hall–Kier alpha value is -1.58.